The average Bonchev–Trinajstić information content (AvgIpc) is 2.54. The Morgan fingerprint density at radius 3 is 2.36 bits per heavy atom. The molecule has 0 spiro atoms. The van der Waals surface area contributed by atoms with Gasteiger partial charge < -0.3 is 19.9 Å². The number of carboxylic acid groups (broad SMARTS) is 1. The highest BCUT2D eigenvalue weighted by atomic mass is 16.5. The van der Waals surface area contributed by atoms with Crippen LogP contribution in [0.5, 0.6) is 11.5 Å². The van der Waals surface area contributed by atoms with Gasteiger partial charge in [-0.25, -0.2) is 4.79 Å². The molecule has 0 unspecified atom stereocenters. The number of carbonyl (C=O) groups is 2. The van der Waals surface area contributed by atoms with Crippen molar-refractivity contribution in [1.82, 2.24) is 0 Å². The minimum atomic E-state index is -1.04. The Morgan fingerprint density at radius 1 is 0.960 bits per heavy atom. The van der Waals surface area contributed by atoms with E-state index in [0.29, 0.717) is 17.2 Å². The molecule has 2 aromatic rings. The van der Waals surface area contributed by atoms with Crippen molar-refractivity contribution in [1.29, 1.82) is 0 Å². The largest absolute Gasteiger partial charge is 0.483 e. The molecule has 2 rings (SSSR count). The number of nitrogens with one attached hydrogen (secondary N) is 1. The van der Waals surface area contributed by atoms with Gasteiger partial charge in [0.2, 0.25) is 0 Å². The van der Waals surface area contributed by atoms with Crippen LogP contribution in [0.2, 0.25) is 0 Å². The fourth-order valence-corrected chi connectivity index (χ4v) is 2.30. The normalized spacial score (nSPS) is 10.2. The summed E-state index contributed by atoms with van der Waals surface area (Å²) < 4.78 is 10.7. The second-order valence-electron chi connectivity index (χ2n) is 5.76. The average molecular weight is 343 g/mol. The summed E-state index contributed by atoms with van der Waals surface area (Å²) in [5, 5.41) is 11.4. The second kappa shape index (κ2) is 8.19. The van der Waals surface area contributed by atoms with Gasteiger partial charge in [-0.05, 0) is 56.2 Å². The van der Waals surface area contributed by atoms with Gasteiger partial charge in [-0.3, -0.25) is 4.79 Å². The smallest absolute Gasteiger partial charge is 0.341 e. The lowest BCUT2D eigenvalue weighted by Crippen LogP contribution is -2.21. The van der Waals surface area contributed by atoms with E-state index in [4.69, 9.17) is 14.6 Å². The molecule has 6 nitrogen and oxygen atoms in total. The van der Waals surface area contributed by atoms with Crippen molar-refractivity contribution < 1.29 is 24.2 Å². The van der Waals surface area contributed by atoms with Crippen molar-refractivity contribution in [2.75, 3.05) is 18.5 Å². The standard InChI is InChI=1S/C19H21NO5/c1-12-4-7-17(14(3)8-12)25-10-18(21)20-16-6-5-15(9-13(16)2)24-11-19(22)23/h4-9H,10-11H2,1-3H3,(H,20,21)(H,22,23). The van der Waals surface area contributed by atoms with Crippen LogP contribution < -0.4 is 14.8 Å². The highest BCUT2D eigenvalue weighted by molar-refractivity contribution is 5.92. The van der Waals surface area contributed by atoms with E-state index in [1.54, 1.807) is 25.1 Å². The predicted octanol–water partition coefficient (Wildman–Crippen LogP) is 3.09. The Hall–Kier alpha value is -3.02. The number of amides is 1. The monoisotopic (exact) mass is 343 g/mol. The Kier molecular flexibility index (Phi) is 6.00. The van der Waals surface area contributed by atoms with Crippen LogP contribution in [0.4, 0.5) is 5.69 Å². The number of anilines is 1. The summed E-state index contributed by atoms with van der Waals surface area (Å²) in [6, 6.07) is 10.7. The number of ether oxygens (including phenoxy) is 2. The summed E-state index contributed by atoms with van der Waals surface area (Å²) in [4.78, 5) is 22.6. The van der Waals surface area contributed by atoms with Crippen LogP contribution in [0.15, 0.2) is 36.4 Å². The number of hydrogen-bond acceptors (Lipinski definition) is 4. The number of rotatable bonds is 7. The Bertz CT molecular complexity index is 785. The second-order valence-corrected chi connectivity index (χ2v) is 5.76. The maximum atomic E-state index is 12.1. The molecule has 1 amide bonds. The van der Waals surface area contributed by atoms with Gasteiger partial charge in [0, 0.05) is 5.69 Å². The maximum Gasteiger partial charge on any atom is 0.341 e. The first-order chi connectivity index (χ1) is 11.8. The number of hydrogen-bond donors (Lipinski definition) is 2. The molecule has 0 aromatic heterocycles. The first kappa shape index (κ1) is 18.3. The van der Waals surface area contributed by atoms with Gasteiger partial charge in [0.25, 0.3) is 5.91 Å². The molecule has 0 aliphatic rings. The van der Waals surface area contributed by atoms with Crippen LogP contribution >= 0.6 is 0 Å². The number of aliphatic carboxylic acids is 1. The van der Waals surface area contributed by atoms with Gasteiger partial charge in [-0.1, -0.05) is 17.7 Å². The van der Waals surface area contributed by atoms with E-state index in [2.05, 4.69) is 5.32 Å². The third-order valence-electron chi connectivity index (χ3n) is 3.52. The zero-order chi connectivity index (χ0) is 18.4. The molecule has 2 N–H and O–H groups in total. The highest BCUT2D eigenvalue weighted by Crippen LogP contribution is 2.22. The van der Waals surface area contributed by atoms with E-state index in [1.165, 1.54) is 0 Å². The lowest BCUT2D eigenvalue weighted by molar-refractivity contribution is -0.139. The van der Waals surface area contributed by atoms with Crippen molar-refractivity contribution in [3.63, 3.8) is 0 Å². The third kappa shape index (κ3) is 5.53. The van der Waals surface area contributed by atoms with Gasteiger partial charge in [-0.15, -0.1) is 0 Å². The fraction of sp³-hybridized carbons (Fsp3) is 0.263. The molecule has 0 aliphatic carbocycles. The minimum absolute atomic E-state index is 0.0966. The third-order valence-corrected chi connectivity index (χ3v) is 3.52. The topological polar surface area (TPSA) is 84.9 Å². The first-order valence-corrected chi connectivity index (χ1v) is 7.80. The van der Waals surface area contributed by atoms with Crippen LogP contribution in [0.1, 0.15) is 16.7 Å². The van der Waals surface area contributed by atoms with Gasteiger partial charge in [0.1, 0.15) is 11.5 Å². The molecule has 132 valence electrons. The quantitative estimate of drug-likeness (QED) is 0.807. The van der Waals surface area contributed by atoms with Crippen molar-refractivity contribution in [3.8, 4) is 11.5 Å². The van der Waals surface area contributed by atoms with Crippen molar-refractivity contribution in [3.05, 3.63) is 53.1 Å². The molecular formula is C19H21NO5. The number of carboxylic acids is 1. The number of carbonyl (C=O) groups excluding carboxylic acids is 1. The fourth-order valence-electron chi connectivity index (χ4n) is 2.30. The van der Waals surface area contributed by atoms with E-state index < -0.39 is 12.6 Å². The molecule has 6 heteroatoms. The Morgan fingerprint density at radius 2 is 1.72 bits per heavy atom. The first-order valence-electron chi connectivity index (χ1n) is 7.80. The molecule has 0 aliphatic heterocycles. The predicted molar refractivity (Wildman–Crippen MR) is 94.4 cm³/mol. The van der Waals surface area contributed by atoms with Gasteiger partial charge in [0.05, 0.1) is 0 Å². The summed E-state index contributed by atoms with van der Waals surface area (Å²) in [5.74, 6) is -0.208. The van der Waals surface area contributed by atoms with Crippen molar-refractivity contribution >= 4 is 17.6 Å². The van der Waals surface area contributed by atoms with E-state index in [-0.39, 0.29) is 12.5 Å². The lowest BCUT2D eigenvalue weighted by Gasteiger charge is -2.12. The Labute approximate surface area is 146 Å². The van der Waals surface area contributed by atoms with E-state index in [0.717, 1.165) is 16.7 Å². The van der Waals surface area contributed by atoms with Gasteiger partial charge in [-0.2, -0.15) is 0 Å². The van der Waals surface area contributed by atoms with Gasteiger partial charge >= 0.3 is 5.97 Å². The lowest BCUT2D eigenvalue weighted by atomic mass is 10.1. The molecule has 25 heavy (non-hydrogen) atoms. The summed E-state index contributed by atoms with van der Waals surface area (Å²) in [7, 11) is 0. The van der Waals surface area contributed by atoms with E-state index in [1.807, 2.05) is 32.0 Å². The highest BCUT2D eigenvalue weighted by Gasteiger charge is 2.09. The summed E-state index contributed by atoms with van der Waals surface area (Å²) in [6.45, 7) is 5.22. The van der Waals surface area contributed by atoms with Crippen LogP contribution in [-0.4, -0.2) is 30.2 Å². The minimum Gasteiger partial charge on any atom is -0.483 e. The zero-order valence-corrected chi connectivity index (χ0v) is 14.5. The number of benzene rings is 2. The molecule has 2 aromatic carbocycles. The van der Waals surface area contributed by atoms with E-state index in [9.17, 15) is 9.59 Å². The molecule has 0 saturated carbocycles. The molecule has 0 bridgehead atoms. The van der Waals surface area contributed by atoms with Crippen LogP contribution in [-0.2, 0) is 9.59 Å². The SMILES string of the molecule is Cc1ccc(OCC(=O)Nc2ccc(OCC(=O)O)cc2C)c(C)c1. The molecule has 0 atom stereocenters. The van der Waals surface area contributed by atoms with Gasteiger partial charge in [0.15, 0.2) is 13.2 Å². The summed E-state index contributed by atoms with van der Waals surface area (Å²) in [6.07, 6.45) is 0. The van der Waals surface area contributed by atoms with Crippen molar-refractivity contribution in [2.24, 2.45) is 0 Å². The van der Waals surface area contributed by atoms with Crippen LogP contribution in [0.25, 0.3) is 0 Å². The molecule has 0 heterocycles. The maximum absolute atomic E-state index is 12.1. The van der Waals surface area contributed by atoms with Crippen LogP contribution in [0, 0.1) is 20.8 Å². The molecule has 0 radical (unpaired) electrons. The molecule has 0 fully saturated rings. The zero-order valence-electron chi connectivity index (χ0n) is 14.5. The number of aryl methyl sites for hydroxylation is 3. The van der Waals surface area contributed by atoms with Crippen LogP contribution in [0.3, 0.4) is 0 Å². The van der Waals surface area contributed by atoms with Crippen molar-refractivity contribution in [2.45, 2.75) is 20.8 Å². The van der Waals surface area contributed by atoms with E-state index >= 15 is 0 Å². The Balaban J connectivity index is 1.92. The molecular weight excluding hydrogens is 322 g/mol. The summed E-state index contributed by atoms with van der Waals surface area (Å²) in [5.41, 5.74) is 3.50. The molecule has 0 saturated heterocycles. The summed E-state index contributed by atoms with van der Waals surface area (Å²) >= 11 is 0.